The molecule has 0 bridgehead atoms. The van der Waals surface area contributed by atoms with Crippen molar-refractivity contribution in [3.05, 3.63) is 81.8 Å². The van der Waals surface area contributed by atoms with Gasteiger partial charge in [-0.05, 0) is 72.6 Å². The van der Waals surface area contributed by atoms with Crippen molar-refractivity contribution in [2.75, 3.05) is 20.3 Å². The first-order valence-electron chi connectivity index (χ1n) is 10.9. The molecule has 0 aliphatic carbocycles. The fraction of sp³-hybridized carbons (Fsp3) is 0.192. The smallest absolute Gasteiger partial charge is 0.343 e. The second-order valence-electron chi connectivity index (χ2n) is 7.33. The Bertz CT molecular complexity index is 1230. The van der Waals surface area contributed by atoms with E-state index in [1.165, 1.54) is 19.4 Å². The summed E-state index contributed by atoms with van der Waals surface area (Å²) < 4.78 is 21.7. The zero-order chi connectivity index (χ0) is 25.9. The molecule has 0 aliphatic heterocycles. The number of esters is 1. The molecular weight excluding hydrogens is 507 g/mol. The van der Waals surface area contributed by atoms with Gasteiger partial charge in [-0.15, -0.1) is 0 Å². The molecule has 0 aromatic heterocycles. The van der Waals surface area contributed by atoms with Crippen LogP contribution in [-0.4, -0.2) is 38.4 Å². The van der Waals surface area contributed by atoms with Gasteiger partial charge in [-0.3, -0.25) is 4.79 Å². The summed E-state index contributed by atoms with van der Waals surface area (Å²) in [5.74, 6) is 0.550. The summed E-state index contributed by atoms with van der Waals surface area (Å²) in [5.41, 5.74) is 3.33. The van der Waals surface area contributed by atoms with Crippen molar-refractivity contribution in [2.24, 2.45) is 5.10 Å². The lowest BCUT2D eigenvalue weighted by Gasteiger charge is -2.10. The zero-order valence-corrected chi connectivity index (χ0v) is 21.1. The van der Waals surface area contributed by atoms with Gasteiger partial charge in [0.2, 0.25) is 0 Å². The standard InChI is InChI=1S/C26H24Cl2N2O6/c1-3-12-34-20-8-5-18(6-9-20)26(32)36-23-10-4-17(13-24(23)33-2)15-29-30-25(31)16-35-22-11-7-19(27)14-21(22)28/h4-11,13-15H,3,12,16H2,1-2H3,(H,30,31)/b29-15+. The number of nitrogens with one attached hydrogen (secondary N) is 1. The summed E-state index contributed by atoms with van der Waals surface area (Å²) in [4.78, 5) is 24.5. The van der Waals surface area contributed by atoms with E-state index < -0.39 is 11.9 Å². The molecule has 3 rings (SSSR count). The minimum Gasteiger partial charge on any atom is -0.494 e. The minimum absolute atomic E-state index is 0.239. The van der Waals surface area contributed by atoms with E-state index in [1.807, 2.05) is 6.92 Å². The summed E-state index contributed by atoms with van der Waals surface area (Å²) in [7, 11) is 1.45. The van der Waals surface area contributed by atoms with Gasteiger partial charge < -0.3 is 18.9 Å². The molecule has 3 aromatic carbocycles. The Kier molecular flexibility index (Phi) is 9.97. The minimum atomic E-state index is -0.537. The van der Waals surface area contributed by atoms with Crippen LogP contribution in [0.5, 0.6) is 23.0 Å². The molecule has 8 nitrogen and oxygen atoms in total. The van der Waals surface area contributed by atoms with E-state index in [2.05, 4.69) is 10.5 Å². The molecule has 1 N–H and O–H groups in total. The van der Waals surface area contributed by atoms with Crippen molar-refractivity contribution in [3.63, 3.8) is 0 Å². The van der Waals surface area contributed by atoms with Crippen molar-refractivity contribution < 1.29 is 28.5 Å². The monoisotopic (exact) mass is 530 g/mol. The number of hydrogen-bond donors (Lipinski definition) is 1. The van der Waals surface area contributed by atoms with Crippen molar-refractivity contribution >= 4 is 41.3 Å². The summed E-state index contributed by atoms with van der Waals surface area (Å²) in [6.45, 7) is 2.33. The molecule has 0 saturated heterocycles. The van der Waals surface area contributed by atoms with Gasteiger partial charge in [0, 0.05) is 5.02 Å². The topological polar surface area (TPSA) is 95.5 Å². The molecule has 0 fully saturated rings. The van der Waals surface area contributed by atoms with Gasteiger partial charge in [0.05, 0.1) is 30.5 Å². The highest BCUT2D eigenvalue weighted by Gasteiger charge is 2.13. The van der Waals surface area contributed by atoms with E-state index in [4.69, 9.17) is 42.1 Å². The summed E-state index contributed by atoms with van der Waals surface area (Å²) in [6, 6.07) is 16.2. The lowest BCUT2D eigenvalue weighted by molar-refractivity contribution is -0.123. The number of benzene rings is 3. The number of halogens is 2. The Hall–Kier alpha value is -3.75. The Balaban J connectivity index is 1.55. The summed E-state index contributed by atoms with van der Waals surface area (Å²) in [6.07, 6.45) is 2.31. The van der Waals surface area contributed by atoms with Crippen molar-refractivity contribution in [1.82, 2.24) is 5.43 Å². The normalized spacial score (nSPS) is 10.7. The van der Waals surface area contributed by atoms with Crippen molar-refractivity contribution in [2.45, 2.75) is 13.3 Å². The van der Waals surface area contributed by atoms with Crippen LogP contribution in [0.2, 0.25) is 10.0 Å². The average Bonchev–Trinajstić information content (AvgIpc) is 2.88. The molecule has 0 aliphatic rings. The quantitative estimate of drug-likeness (QED) is 0.151. The third-order valence-electron chi connectivity index (χ3n) is 4.61. The number of methoxy groups -OCH3 is 1. The number of carbonyl (C=O) groups is 2. The molecule has 36 heavy (non-hydrogen) atoms. The van der Waals surface area contributed by atoms with Crippen LogP contribution in [0.1, 0.15) is 29.3 Å². The highest BCUT2D eigenvalue weighted by molar-refractivity contribution is 6.35. The SMILES string of the molecule is CCCOc1ccc(C(=O)Oc2ccc(/C=N/NC(=O)COc3ccc(Cl)cc3Cl)cc2OC)cc1. The maximum atomic E-state index is 12.5. The van der Waals surface area contributed by atoms with E-state index in [1.54, 1.807) is 54.6 Å². The Morgan fingerprint density at radius 2 is 1.69 bits per heavy atom. The molecule has 0 spiro atoms. The van der Waals surface area contributed by atoms with Gasteiger partial charge >= 0.3 is 5.97 Å². The Labute approximate surface area is 218 Å². The average molecular weight is 531 g/mol. The number of ether oxygens (including phenoxy) is 4. The predicted molar refractivity (Wildman–Crippen MR) is 138 cm³/mol. The molecule has 0 radical (unpaired) electrons. The maximum absolute atomic E-state index is 12.5. The molecule has 188 valence electrons. The molecule has 10 heteroatoms. The first-order valence-corrected chi connectivity index (χ1v) is 11.7. The molecule has 3 aromatic rings. The predicted octanol–water partition coefficient (Wildman–Crippen LogP) is 5.54. The number of hydrazone groups is 1. The molecule has 0 atom stereocenters. The fourth-order valence-corrected chi connectivity index (χ4v) is 3.32. The maximum Gasteiger partial charge on any atom is 0.343 e. The number of carbonyl (C=O) groups excluding carboxylic acids is 2. The van der Waals surface area contributed by atoms with Crippen LogP contribution in [0.3, 0.4) is 0 Å². The number of hydrogen-bond acceptors (Lipinski definition) is 7. The van der Waals surface area contributed by atoms with Crippen molar-refractivity contribution in [1.29, 1.82) is 0 Å². The van der Waals surface area contributed by atoms with Crippen LogP contribution in [0, 0.1) is 0 Å². The number of rotatable bonds is 11. The molecule has 0 heterocycles. The summed E-state index contributed by atoms with van der Waals surface area (Å²) >= 11 is 11.8. The van der Waals surface area contributed by atoms with Crippen LogP contribution in [0.25, 0.3) is 0 Å². The lowest BCUT2D eigenvalue weighted by Crippen LogP contribution is -2.24. The van der Waals surface area contributed by atoms with Gasteiger partial charge in [-0.25, -0.2) is 10.2 Å². The third-order valence-corrected chi connectivity index (χ3v) is 5.14. The fourth-order valence-electron chi connectivity index (χ4n) is 2.86. The molecule has 0 saturated carbocycles. The lowest BCUT2D eigenvalue weighted by atomic mass is 10.2. The first kappa shape index (κ1) is 26.8. The second kappa shape index (κ2) is 13.4. The van der Waals surface area contributed by atoms with E-state index in [0.29, 0.717) is 45.0 Å². The Morgan fingerprint density at radius 1 is 0.944 bits per heavy atom. The van der Waals surface area contributed by atoms with Gasteiger partial charge in [-0.1, -0.05) is 30.1 Å². The highest BCUT2D eigenvalue weighted by atomic mass is 35.5. The molecule has 0 unspecified atom stereocenters. The van der Waals surface area contributed by atoms with Gasteiger partial charge in [-0.2, -0.15) is 5.10 Å². The number of amides is 1. The second-order valence-corrected chi connectivity index (χ2v) is 8.17. The third kappa shape index (κ3) is 7.90. The van der Waals surface area contributed by atoms with E-state index in [0.717, 1.165) is 6.42 Å². The van der Waals surface area contributed by atoms with E-state index in [9.17, 15) is 9.59 Å². The van der Waals surface area contributed by atoms with E-state index in [-0.39, 0.29) is 12.4 Å². The van der Waals surface area contributed by atoms with Gasteiger partial charge in [0.25, 0.3) is 5.91 Å². The summed E-state index contributed by atoms with van der Waals surface area (Å²) in [5, 5.41) is 4.66. The van der Waals surface area contributed by atoms with Gasteiger partial charge in [0.1, 0.15) is 11.5 Å². The zero-order valence-electron chi connectivity index (χ0n) is 19.6. The highest BCUT2D eigenvalue weighted by Crippen LogP contribution is 2.29. The largest absolute Gasteiger partial charge is 0.494 e. The van der Waals surface area contributed by atoms with Crippen molar-refractivity contribution in [3.8, 4) is 23.0 Å². The van der Waals surface area contributed by atoms with Crippen LogP contribution < -0.4 is 24.4 Å². The van der Waals surface area contributed by atoms with Crippen LogP contribution >= 0.6 is 23.2 Å². The van der Waals surface area contributed by atoms with Crippen LogP contribution in [-0.2, 0) is 4.79 Å². The van der Waals surface area contributed by atoms with E-state index >= 15 is 0 Å². The number of nitrogens with zero attached hydrogens (tertiary/aromatic N) is 1. The van der Waals surface area contributed by atoms with Gasteiger partial charge in [0.15, 0.2) is 18.1 Å². The Morgan fingerprint density at radius 3 is 2.39 bits per heavy atom. The molecular formula is C26H24Cl2N2O6. The van der Waals surface area contributed by atoms with Crippen LogP contribution in [0.15, 0.2) is 65.8 Å². The first-order chi connectivity index (χ1) is 17.4. The molecule has 1 amide bonds. The van der Waals surface area contributed by atoms with Crippen LogP contribution in [0.4, 0.5) is 0 Å².